The summed E-state index contributed by atoms with van der Waals surface area (Å²) in [5, 5.41) is 8.17. The fraction of sp³-hybridized carbons (Fsp3) is 0.312. The molecule has 7 nitrogen and oxygen atoms in total. The summed E-state index contributed by atoms with van der Waals surface area (Å²) in [7, 11) is -3.27. The van der Waals surface area contributed by atoms with Gasteiger partial charge in [0.25, 0.3) is 0 Å². The molecule has 4 rings (SSSR count). The molecule has 124 valence electrons. The normalized spacial score (nSPS) is 16.2. The van der Waals surface area contributed by atoms with Crippen molar-refractivity contribution in [2.75, 3.05) is 6.26 Å². The Kier molecular flexibility index (Phi) is 3.31. The van der Waals surface area contributed by atoms with Crippen molar-refractivity contribution in [1.82, 2.24) is 19.9 Å². The monoisotopic (exact) mass is 344 g/mol. The maximum absolute atomic E-state index is 11.5. The molecule has 2 aromatic heterocycles. The summed E-state index contributed by atoms with van der Waals surface area (Å²) in [5.74, 6) is 1.09. The first kappa shape index (κ1) is 15.1. The standard InChI is InChI=1S/C16H16N4O3S/c1-24(21,22)13-9-17-20(10-13)11-14-18-15(19-23-14)16(7-8-16)12-5-3-2-4-6-12/h2-6,9-10H,7-8,11H2,1H3. The van der Waals surface area contributed by atoms with Crippen LogP contribution in [0.15, 0.2) is 52.1 Å². The third-order valence-corrected chi connectivity index (χ3v) is 5.37. The Bertz CT molecular complexity index is 972. The van der Waals surface area contributed by atoms with Crippen LogP contribution in [0.25, 0.3) is 0 Å². The molecule has 1 saturated carbocycles. The Labute approximate surface area is 139 Å². The molecular weight excluding hydrogens is 328 g/mol. The topological polar surface area (TPSA) is 90.9 Å². The number of hydrogen-bond acceptors (Lipinski definition) is 6. The van der Waals surface area contributed by atoms with Crippen molar-refractivity contribution in [3.63, 3.8) is 0 Å². The Hall–Kier alpha value is -2.48. The summed E-state index contributed by atoms with van der Waals surface area (Å²) in [6.07, 6.45) is 5.92. The fourth-order valence-corrected chi connectivity index (χ4v) is 3.35. The van der Waals surface area contributed by atoms with Crippen molar-refractivity contribution >= 4 is 9.84 Å². The van der Waals surface area contributed by atoms with Gasteiger partial charge in [-0.2, -0.15) is 10.1 Å². The second-order valence-electron chi connectivity index (χ2n) is 6.11. The van der Waals surface area contributed by atoms with Crippen molar-refractivity contribution in [2.24, 2.45) is 0 Å². The molecule has 8 heteroatoms. The van der Waals surface area contributed by atoms with Crippen LogP contribution >= 0.6 is 0 Å². The van der Waals surface area contributed by atoms with Crippen LogP contribution in [-0.2, 0) is 21.8 Å². The highest BCUT2D eigenvalue weighted by Crippen LogP contribution is 2.52. The van der Waals surface area contributed by atoms with Crippen LogP contribution in [0.3, 0.4) is 0 Å². The van der Waals surface area contributed by atoms with Gasteiger partial charge in [-0.25, -0.2) is 8.42 Å². The smallest absolute Gasteiger partial charge is 0.248 e. The molecule has 0 amide bonds. The van der Waals surface area contributed by atoms with E-state index in [9.17, 15) is 8.42 Å². The van der Waals surface area contributed by atoms with Gasteiger partial charge in [-0.05, 0) is 18.4 Å². The van der Waals surface area contributed by atoms with E-state index < -0.39 is 9.84 Å². The first-order valence-corrected chi connectivity index (χ1v) is 9.48. The summed E-state index contributed by atoms with van der Waals surface area (Å²) >= 11 is 0. The number of hydrogen-bond donors (Lipinski definition) is 0. The average Bonchev–Trinajstić information content (AvgIpc) is 3.00. The predicted octanol–water partition coefficient (Wildman–Crippen LogP) is 1.80. The molecule has 2 heterocycles. The second-order valence-corrected chi connectivity index (χ2v) is 8.12. The number of aromatic nitrogens is 4. The van der Waals surface area contributed by atoms with E-state index in [1.807, 2.05) is 18.2 Å². The summed E-state index contributed by atoms with van der Waals surface area (Å²) < 4.78 is 29.8. The van der Waals surface area contributed by atoms with Crippen LogP contribution in [-0.4, -0.2) is 34.6 Å². The molecule has 1 aliphatic rings. The minimum atomic E-state index is -3.27. The number of sulfone groups is 1. The summed E-state index contributed by atoms with van der Waals surface area (Å²) in [4.78, 5) is 4.67. The predicted molar refractivity (Wildman–Crippen MR) is 85.2 cm³/mol. The van der Waals surface area contributed by atoms with E-state index in [1.54, 1.807) is 0 Å². The van der Waals surface area contributed by atoms with Crippen LogP contribution < -0.4 is 0 Å². The first-order chi connectivity index (χ1) is 11.5. The largest absolute Gasteiger partial charge is 0.337 e. The van der Waals surface area contributed by atoms with Crippen molar-refractivity contribution < 1.29 is 12.9 Å². The Morgan fingerprint density at radius 2 is 2.00 bits per heavy atom. The fourth-order valence-electron chi connectivity index (χ4n) is 2.80. The molecule has 0 N–H and O–H groups in total. The van der Waals surface area contributed by atoms with Crippen LogP contribution in [0.5, 0.6) is 0 Å². The lowest BCUT2D eigenvalue weighted by atomic mass is 9.95. The van der Waals surface area contributed by atoms with Gasteiger partial charge in [0.2, 0.25) is 5.89 Å². The summed E-state index contributed by atoms with van der Waals surface area (Å²) in [6, 6.07) is 10.2. The molecular formula is C16H16N4O3S. The SMILES string of the molecule is CS(=O)(=O)c1cnn(Cc2nc(C3(c4ccccc4)CC3)no2)c1. The molecule has 0 aliphatic heterocycles. The van der Waals surface area contributed by atoms with E-state index in [0.717, 1.165) is 19.1 Å². The van der Waals surface area contributed by atoms with Gasteiger partial charge in [0, 0.05) is 12.5 Å². The van der Waals surface area contributed by atoms with Gasteiger partial charge in [-0.1, -0.05) is 35.5 Å². The van der Waals surface area contributed by atoms with E-state index in [-0.39, 0.29) is 16.9 Å². The van der Waals surface area contributed by atoms with E-state index >= 15 is 0 Å². The third-order valence-electron chi connectivity index (χ3n) is 4.31. The van der Waals surface area contributed by atoms with Crippen molar-refractivity contribution in [2.45, 2.75) is 29.7 Å². The lowest BCUT2D eigenvalue weighted by Gasteiger charge is -2.09. The number of nitrogens with zero attached hydrogens (tertiary/aromatic N) is 4. The van der Waals surface area contributed by atoms with Crippen LogP contribution in [0.4, 0.5) is 0 Å². The number of rotatable bonds is 5. The minimum absolute atomic E-state index is 0.148. The lowest BCUT2D eigenvalue weighted by Crippen LogP contribution is -2.11. The molecule has 1 fully saturated rings. The molecule has 0 bridgehead atoms. The molecule has 0 spiro atoms. The molecule has 1 aromatic carbocycles. The molecule has 0 radical (unpaired) electrons. The summed E-state index contributed by atoms with van der Waals surface area (Å²) in [5.41, 5.74) is 1.04. The van der Waals surface area contributed by atoms with E-state index in [0.29, 0.717) is 11.7 Å². The van der Waals surface area contributed by atoms with Crippen molar-refractivity contribution in [3.8, 4) is 0 Å². The van der Waals surface area contributed by atoms with E-state index in [1.165, 1.54) is 22.6 Å². The molecule has 24 heavy (non-hydrogen) atoms. The molecule has 0 atom stereocenters. The average molecular weight is 344 g/mol. The first-order valence-electron chi connectivity index (χ1n) is 7.58. The number of benzene rings is 1. The van der Waals surface area contributed by atoms with Crippen LogP contribution in [0.1, 0.15) is 30.1 Å². The second kappa shape index (κ2) is 5.27. The van der Waals surface area contributed by atoms with E-state index in [4.69, 9.17) is 4.52 Å². The van der Waals surface area contributed by atoms with E-state index in [2.05, 4.69) is 27.4 Å². The zero-order valence-corrected chi connectivity index (χ0v) is 13.9. The highest BCUT2D eigenvalue weighted by atomic mass is 32.2. The molecule has 1 aliphatic carbocycles. The zero-order chi connectivity index (χ0) is 16.8. The van der Waals surface area contributed by atoms with Crippen LogP contribution in [0.2, 0.25) is 0 Å². The van der Waals surface area contributed by atoms with Crippen molar-refractivity contribution in [1.29, 1.82) is 0 Å². The summed E-state index contributed by atoms with van der Waals surface area (Å²) in [6.45, 7) is 0.243. The molecule has 0 saturated heterocycles. The highest BCUT2D eigenvalue weighted by Gasteiger charge is 2.49. The van der Waals surface area contributed by atoms with Gasteiger partial charge in [-0.3, -0.25) is 4.68 Å². The Morgan fingerprint density at radius 3 is 2.62 bits per heavy atom. The van der Waals surface area contributed by atoms with Crippen LogP contribution in [0, 0.1) is 0 Å². The molecule has 3 aromatic rings. The van der Waals surface area contributed by atoms with Crippen molar-refractivity contribution in [3.05, 3.63) is 60.0 Å². The Balaban J connectivity index is 1.57. The van der Waals surface area contributed by atoms with Gasteiger partial charge in [0.15, 0.2) is 15.7 Å². The van der Waals surface area contributed by atoms with Gasteiger partial charge >= 0.3 is 0 Å². The zero-order valence-electron chi connectivity index (χ0n) is 13.1. The van der Waals surface area contributed by atoms with Gasteiger partial charge in [-0.15, -0.1) is 0 Å². The Morgan fingerprint density at radius 1 is 1.25 bits per heavy atom. The third kappa shape index (κ3) is 2.62. The quantitative estimate of drug-likeness (QED) is 0.701. The lowest BCUT2D eigenvalue weighted by molar-refractivity contribution is 0.359. The van der Waals surface area contributed by atoms with Gasteiger partial charge in [0.1, 0.15) is 11.4 Å². The maximum atomic E-state index is 11.5. The molecule has 0 unspecified atom stereocenters. The highest BCUT2D eigenvalue weighted by molar-refractivity contribution is 7.90. The maximum Gasteiger partial charge on any atom is 0.248 e. The minimum Gasteiger partial charge on any atom is -0.337 e. The van der Waals surface area contributed by atoms with Gasteiger partial charge in [0.05, 0.1) is 11.6 Å². The van der Waals surface area contributed by atoms with Gasteiger partial charge < -0.3 is 4.52 Å².